The molecule has 0 saturated heterocycles. The molecule has 0 aliphatic heterocycles. The minimum absolute atomic E-state index is 0.571. The molecule has 1 amide bonds. The van der Waals surface area contributed by atoms with Crippen molar-refractivity contribution in [2.75, 3.05) is 13.6 Å². The molecular weight excluding hydrogens is 194 g/mol. The number of nitrogens with zero attached hydrogens (tertiary/aromatic N) is 1. The van der Waals surface area contributed by atoms with Gasteiger partial charge in [-0.15, -0.1) is 0 Å². The van der Waals surface area contributed by atoms with Crippen molar-refractivity contribution in [3.8, 4) is 0 Å². The molecule has 0 unspecified atom stereocenters. The van der Waals surface area contributed by atoms with E-state index in [1.807, 2.05) is 6.92 Å². The smallest absolute Gasteiger partial charge is 0.397 e. The van der Waals surface area contributed by atoms with Gasteiger partial charge in [-0.25, -0.2) is 4.79 Å². The molecule has 0 rings (SSSR count). The molecule has 15 heavy (non-hydrogen) atoms. The van der Waals surface area contributed by atoms with Crippen LogP contribution < -0.4 is 0 Å². The van der Waals surface area contributed by atoms with Gasteiger partial charge in [-0.2, -0.15) is 0 Å². The summed E-state index contributed by atoms with van der Waals surface area (Å²) >= 11 is 0. The number of hydrogen-bond acceptors (Lipinski definition) is 3. The van der Waals surface area contributed by atoms with Gasteiger partial charge in [0.25, 0.3) is 0 Å². The fourth-order valence-corrected chi connectivity index (χ4v) is 0.974. The molecule has 0 fully saturated rings. The normalized spacial score (nSPS) is 11.0. The molecule has 88 valence electrons. The summed E-state index contributed by atoms with van der Waals surface area (Å²) < 4.78 is 4.97. The van der Waals surface area contributed by atoms with Crippen LogP contribution in [0.3, 0.4) is 0 Å². The first-order chi connectivity index (χ1) is 6.78. The molecule has 0 bridgehead atoms. The van der Waals surface area contributed by atoms with Crippen LogP contribution in [0.4, 0.5) is 0 Å². The molecule has 0 N–H and O–H groups in total. The Kier molecular flexibility index (Phi) is 5.33. The Morgan fingerprint density at radius 1 is 1.27 bits per heavy atom. The highest BCUT2D eigenvalue weighted by atomic mass is 16.6. The van der Waals surface area contributed by atoms with Gasteiger partial charge in [-0.05, 0) is 27.2 Å². The zero-order valence-corrected chi connectivity index (χ0v) is 10.3. The zero-order chi connectivity index (χ0) is 12.1. The summed E-state index contributed by atoms with van der Waals surface area (Å²) in [6.45, 7) is 7.85. The van der Waals surface area contributed by atoms with Crippen molar-refractivity contribution >= 4 is 11.9 Å². The van der Waals surface area contributed by atoms with Crippen molar-refractivity contribution in [3.63, 3.8) is 0 Å². The van der Waals surface area contributed by atoms with E-state index in [9.17, 15) is 9.59 Å². The lowest BCUT2D eigenvalue weighted by molar-refractivity contribution is -0.167. The SMILES string of the molecule is CCCCN(C)C(=O)C(=O)OC(C)(C)C. The molecule has 0 aromatic rings. The molecule has 0 spiro atoms. The summed E-state index contributed by atoms with van der Waals surface area (Å²) in [6, 6.07) is 0. The largest absolute Gasteiger partial charge is 0.453 e. The molecule has 0 heterocycles. The second-order valence-corrected chi connectivity index (χ2v) is 4.58. The maximum atomic E-state index is 11.5. The van der Waals surface area contributed by atoms with Gasteiger partial charge in [0.2, 0.25) is 0 Å². The Labute approximate surface area is 91.6 Å². The third-order valence-electron chi connectivity index (χ3n) is 1.77. The average molecular weight is 215 g/mol. The predicted octanol–water partition coefficient (Wildman–Crippen LogP) is 1.59. The van der Waals surface area contributed by atoms with E-state index in [-0.39, 0.29) is 0 Å². The quantitative estimate of drug-likeness (QED) is 0.530. The summed E-state index contributed by atoms with van der Waals surface area (Å²) in [4.78, 5) is 24.2. The van der Waals surface area contributed by atoms with Crippen LogP contribution in [0.15, 0.2) is 0 Å². The van der Waals surface area contributed by atoms with Crippen LogP contribution >= 0.6 is 0 Å². The van der Waals surface area contributed by atoms with Gasteiger partial charge in [0.05, 0.1) is 0 Å². The number of rotatable bonds is 3. The summed E-state index contributed by atoms with van der Waals surface area (Å²) in [7, 11) is 1.61. The van der Waals surface area contributed by atoms with Crippen LogP contribution in [-0.2, 0) is 14.3 Å². The lowest BCUT2D eigenvalue weighted by Gasteiger charge is -2.21. The van der Waals surface area contributed by atoms with Gasteiger partial charge in [0.15, 0.2) is 0 Å². The first-order valence-corrected chi connectivity index (χ1v) is 5.26. The van der Waals surface area contributed by atoms with E-state index in [0.717, 1.165) is 12.8 Å². The molecule has 0 aliphatic carbocycles. The minimum Gasteiger partial charge on any atom is -0.453 e. The van der Waals surface area contributed by atoms with Crippen LogP contribution in [0.25, 0.3) is 0 Å². The monoisotopic (exact) mass is 215 g/mol. The molecule has 0 radical (unpaired) electrons. The fourth-order valence-electron chi connectivity index (χ4n) is 0.974. The van der Waals surface area contributed by atoms with Crippen LogP contribution in [-0.4, -0.2) is 36.0 Å². The number of carbonyl (C=O) groups excluding carboxylic acids is 2. The van der Waals surface area contributed by atoms with Gasteiger partial charge in [0, 0.05) is 13.6 Å². The predicted molar refractivity (Wildman–Crippen MR) is 58.4 cm³/mol. The summed E-state index contributed by atoms with van der Waals surface area (Å²) in [6.07, 6.45) is 1.89. The molecule has 4 heteroatoms. The number of ether oxygens (including phenoxy) is 1. The summed E-state index contributed by atoms with van der Waals surface area (Å²) in [5.41, 5.74) is -0.613. The van der Waals surface area contributed by atoms with Crippen molar-refractivity contribution in [3.05, 3.63) is 0 Å². The Morgan fingerprint density at radius 2 is 1.80 bits per heavy atom. The van der Waals surface area contributed by atoms with Gasteiger partial charge >= 0.3 is 11.9 Å². The summed E-state index contributed by atoms with van der Waals surface area (Å²) in [5.74, 6) is -1.35. The molecule has 0 saturated carbocycles. The van der Waals surface area contributed by atoms with Crippen molar-refractivity contribution in [2.45, 2.75) is 46.1 Å². The standard InChI is InChI=1S/C11H21NO3/c1-6-7-8-12(5)9(13)10(14)15-11(2,3)4/h6-8H2,1-5H3. The second kappa shape index (κ2) is 5.73. The maximum Gasteiger partial charge on any atom is 0.397 e. The van der Waals surface area contributed by atoms with E-state index in [4.69, 9.17) is 4.74 Å². The van der Waals surface area contributed by atoms with Crippen molar-refractivity contribution in [1.82, 2.24) is 4.90 Å². The third-order valence-corrected chi connectivity index (χ3v) is 1.77. The number of likely N-dealkylation sites (N-methyl/N-ethyl adjacent to an activating group) is 1. The van der Waals surface area contributed by atoms with E-state index in [0.29, 0.717) is 6.54 Å². The highest BCUT2D eigenvalue weighted by Gasteiger charge is 2.25. The third kappa shape index (κ3) is 6.10. The highest BCUT2D eigenvalue weighted by molar-refractivity contribution is 6.32. The first-order valence-electron chi connectivity index (χ1n) is 5.26. The van der Waals surface area contributed by atoms with E-state index >= 15 is 0 Å². The molecular formula is C11H21NO3. The topological polar surface area (TPSA) is 46.6 Å². The van der Waals surface area contributed by atoms with Crippen molar-refractivity contribution in [1.29, 1.82) is 0 Å². The van der Waals surface area contributed by atoms with Gasteiger partial charge in [-0.3, -0.25) is 4.79 Å². The Balaban J connectivity index is 4.14. The molecule has 4 nitrogen and oxygen atoms in total. The number of amides is 1. The van der Waals surface area contributed by atoms with E-state index < -0.39 is 17.5 Å². The average Bonchev–Trinajstić information content (AvgIpc) is 2.10. The number of esters is 1. The lowest BCUT2D eigenvalue weighted by Crippen LogP contribution is -2.38. The first kappa shape index (κ1) is 13.9. The molecule has 0 aliphatic rings. The Morgan fingerprint density at radius 3 is 2.20 bits per heavy atom. The van der Waals surface area contributed by atoms with Gasteiger partial charge in [0.1, 0.15) is 5.60 Å². The number of carbonyl (C=O) groups is 2. The second-order valence-electron chi connectivity index (χ2n) is 4.58. The molecule has 0 atom stereocenters. The zero-order valence-electron chi connectivity index (χ0n) is 10.3. The van der Waals surface area contributed by atoms with Crippen molar-refractivity contribution < 1.29 is 14.3 Å². The minimum atomic E-state index is -0.777. The van der Waals surface area contributed by atoms with Crippen LogP contribution in [0.2, 0.25) is 0 Å². The fraction of sp³-hybridized carbons (Fsp3) is 0.818. The van der Waals surface area contributed by atoms with E-state index in [1.54, 1.807) is 27.8 Å². The number of hydrogen-bond donors (Lipinski definition) is 0. The Hall–Kier alpha value is -1.06. The summed E-state index contributed by atoms with van der Waals surface area (Å²) in [5, 5.41) is 0. The number of unbranched alkanes of at least 4 members (excludes halogenated alkanes) is 1. The van der Waals surface area contributed by atoms with Crippen LogP contribution in [0.5, 0.6) is 0 Å². The van der Waals surface area contributed by atoms with E-state index in [1.165, 1.54) is 4.90 Å². The van der Waals surface area contributed by atoms with Gasteiger partial charge < -0.3 is 9.64 Å². The highest BCUT2D eigenvalue weighted by Crippen LogP contribution is 2.07. The lowest BCUT2D eigenvalue weighted by atomic mass is 10.2. The van der Waals surface area contributed by atoms with Gasteiger partial charge in [-0.1, -0.05) is 13.3 Å². The molecule has 0 aromatic carbocycles. The van der Waals surface area contributed by atoms with E-state index in [2.05, 4.69) is 0 Å². The van der Waals surface area contributed by atoms with Crippen LogP contribution in [0.1, 0.15) is 40.5 Å². The molecule has 0 aromatic heterocycles. The maximum absolute atomic E-state index is 11.5. The van der Waals surface area contributed by atoms with Crippen LogP contribution in [0, 0.1) is 0 Å². The van der Waals surface area contributed by atoms with Crippen molar-refractivity contribution in [2.24, 2.45) is 0 Å². The Bertz CT molecular complexity index is 230.